The van der Waals surface area contributed by atoms with Crippen LogP contribution in [0.15, 0.2) is 24.3 Å². The molecule has 0 bridgehead atoms. The lowest BCUT2D eigenvalue weighted by Crippen LogP contribution is -2.53. The van der Waals surface area contributed by atoms with E-state index in [4.69, 9.17) is 14.6 Å². The molecule has 0 radical (unpaired) electrons. The second-order valence-electron chi connectivity index (χ2n) is 11.5. The molecule has 0 saturated heterocycles. The van der Waals surface area contributed by atoms with Crippen molar-refractivity contribution >= 4 is 23.8 Å². The normalized spacial score (nSPS) is 13.9. The SMILES string of the molecule is CC(C)Cc1cccc(C(C)(COCC(C)(C)CSCCO)C(=O)NN(C)C(=O)OC(C)(C)C)c1. The van der Waals surface area contributed by atoms with Gasteiger partial charge in [0.1, 0.15) is 5.60 Å². The van der Waals surface area contributed by atoms with Crippen LogP contribution in [0.25, 0.3) is 0 Å². The molecule has 0 spiro atoms. The van der Waals surface area contributed by atoms with Crippen molar-refractivity contribution in [1.82, 2.24) is 10.4 Å². The van der Waals surface area contributed by atoms with Crippen molar-refractivity contribution in [3.63, 3.8) is 0 Å². The van der Waals surface area contributed by atoms with E-state index in [1.165, 1.54) is 7.05 Å². The first-order chi connectivity index (χ1) is 16.1. The molecule has 0 aliphatic rings. The van der Waals surface area contributed by atoms with E-state index >= 15 is 0 Å². The third-order valence-electron chi connectivity index (χ3n) is 5.26. The zero-order valence-electron chi connectivity index (χ0n) is 23.1. The molecule has 0 fully saturated rings. The number of hydrogen-bond acceptors (Lipinski definition) is 6. The Kier molecular flexibility index (Phi) is 12.1. The number of aliphatic hydroxyl groups excluding tert-OH is 1. The van der Waals surface area contributed by atoms with E-state index in [1.807, 2.05) is 19.1 Å². The zero-order chi connectivity index (χ0) is 26.9. The molecule has 8 heteroatoms. The smallest absolute Gasteiger partial charge is 0.428 e. The molecular weight excluding hydrogens is 464 g/mol. The van der Waals surface area contributed by atoms with Crippen LogP contribution in [0.1, 0.15) is 66.5 Å². The summed E-state index contributed by atoms with van der Waals surface area (Å²) in [6, 6.07) is 8.02. The lowest BCUT2D eigenvalue weighted by atomic mass is 9.81. The molecule has 1 aromatic carbocycles. The summed E-state index contributed by atoms with van der Waals surface area (Å²) in [6.45, 7) is 16.5. The number of hydrogen-bond donors (Lipinski definition) is 2. The highest BCUT2D eigenvalue weighted by atomic mass is 32.2. The number of benzene rings is 1. The highest BCUT2D eigenvalue weighted by Gasteiger charge is 2.38. The van der Waals surface area contributed by atoms with Gasteiger partial charge in [-0.2, -0.15) is 11.8 Å². The predicted octanol–water partition coefficient (Wildman–Crippen LogP) is 4.81. The van der Waals surface area contributed by atoms with Gasteiger partial charge in [0, 0.05) is 18.6 Å². The maximum Gasteiger partial charge on any atom is 0.428 e. The van der Waals surface area contributed by atoms with E-state index in [2.05, 4.69) is 45.3 Å². The van der Waals surface area contributed by atoms with Crippen LogP contribution >= 0.6 is 11.8 Å². The maximum absolute atomic E-state index is 13.6. The van der Waals surface area contributed by atoms with Gasteiger partial charge in [0.2, 0.25) is 0 Å². The number of thioether (sulfide) groups is 1. The van der Waals surface area contributed by atoms with Crippen molar-refractivity contribution in [2.45, 2.75) is 72.8 Å². The lowest BCUT2D eigenvalue weighted by Gasteiger charge is -2.33. The van der Waals surface area contributed by atoms with Gasteiger partial charge in [-0.15, -0.1) is 0 Å². The van der Waals surface area contributed by atoms with Crippen LogP contribution in [0.4, 0.5) is 4.79 Å². The lowest BCUT2D eigenvalue weighted by molar-refractivity contribution is -0.133. The van der Waals surface area contributed by atoms with Crippen LogP contribution in [-0.4, -0.2) is 66.1 Å². The molecular formula is C27H46N2O5S. The molecule has 2 amide bonds. The highest BCUT2D eigenvalue weighted by Crippen LogP contribution is 2.29. The number of carbonyl (C=O) groups excluding carboxylic acids is 2. The number of hydrazine groups is 1. The Balaban J connectivity index is 3.11. The Hall–Kier alpha value is -1.77. The predicted molar refractivity (Wildman–Crippen MR) is 143 cm³/mol. The first-order valence-corrected chi connectivity index (χ1v) is 13.4. The van der Waals surface area contributed by atoms with Gasteiger partial charge in [0.05, 0.1) is 25.2 Å². The first kappa shape index (κ1) is 31.3. The number of nitrogens with zero attached hydrogens (tertiary/aromatic N) is 1. The van der Waals surface area contributed by atoms with Crippen LogP contribution in [0.5, 0.6) is 0 Å². The number of amides is 2. The zero-order valence-corrected chi connectivity index (χ0v) is 23.9. The van der Waals surface area contributed by atoms with Crippen LogP contribution in [0.2, 0.25) is 0 Å². The molecule has 1 atom stereocenters. The van der Waals surface area contributed by atoms with E-state index in [9.17, 15) is 9.59 Å². The summed E-state index contributed by atoms with van der Waals surface area (Å²) >= 11 is 1.68. The van der Waals surface area contributed by atoms with Gasteiger partial charge in [-0.05, 0) is 56.6 Å². The van der Waals surface area contributed by atoms with Crippen molar-refractivity contribution in [2.75, 3.05) is 38.4 Å². The van der Waals surface area contributed by atoms with E-state index in [0.29, 0.717) is 18.3 Å². The van der Waals surface area contributed by atoms with Gasteiger partial charge in [-0.25, -0.2) is 9.80 Å². The fourth-order valence-electron chi connectivity index (χ4n) is 3.43. The van der Waals surface area contributed by atoms with Crippen molar-refractivity contribution in [3.05, 3.63) is 35.4 Å². The largest absolute Gasteiger partial charge is 0.442 e. The molecule has 200 valence electrons. The average Bonchev–Trinajstić information content (AvgIpc) is 2.72. The summed E-state index contributed by atoms with van der Waals surface area (Å²) in [7, 11) is 1.48. The fourth-order valence-corrected chi connectivity index (χ4v) is 4.34. The number of ether oxygens (including phenoxy) is 2. The quantitative estimate of drug-likeness (QED) is 0.310. The van der Waals surface area contributed by atoms with Gasteiger partial charge in [-0.1, -0.05) is 52.0 Å². The van der Waals surface area contributed by atoms with Crippen LogP contribution in [0, 0.1) is 11.3 Å². The summed E-state index contributed by atoms with van der Waals surface area (Å²) < 4.78 is 11.5. The second-order valence-corrected chi connectivity index (χ2v) is 12.6. The average molecular weight is 511 g/mol. The summed E-state index contributed by atoms with van der Waals surface area (Å²) in [5.74, 6) is 1.65. The number of carbonyl (C=O) groups is 2. The topological polar surface area (TPSA) is 88.1 Å². The summed E-state index contributed by atoms with van der Waals surface area (Å²) in [5, 5.41) is 10.1. The molecule has 1 rings (SSSR count). The summed E-state index contributed by atoms with van der Waals surface area (Å²) in [6.07, 6.45) is 0.268. The molecule has 0 aliphatic carbocycles. The van der Waals surface area contributed by atoms with Crippen LogP contribution in [-0.2, 0) is 26.1 Å². The van der Waals surface area contributed by atoms with Gasteiger partial charge < -0.3 is 14.6 Å². The Morgan fingerprint density at radius 2 is 1.77 bits per heavy atom. The summed E-state index contributed by atoms with van der Waals surface area (Å²) in [5.41, 5.74) is 2.86. The van der Waals surface area contributed by atoms with E-state index < -0.39 is 17.1 Å². The molecule has 0 saturated carbocycles. The minimum Gasteiger partial charge on any atom is -0.442 e. The van der Waals surface area contributed by atoms with Crippen molar-refractivity contribution < 1.29 is 24.2 Å². The van der Waals surface area contributed by atoms with Crippen molar-refractivity contribution in [2.24, 2.45) is 11.3 Å². The van der Waals surface area contributed by atoms with Gasteiger partial charge >= 0.3 is 6.09 Å². The molecule has 2 N–H and O–H groups in total. The molecule has 7 nitrogen and oxygen atoms in total. The highest BCUT2D eigenvalue weighted by molar-refractivity contribution is 7.99. The fraction of sp³-hybridized carbons (Fsp3) is 0.704. The molecule has 1 unspecified atom stereocenters. The Morgan fingerprint density at radius 1 is 1.11 bits per heavy atom. The first-order valence-electron chi connectivity index (χ1n) is 12.2. The molecule has 35 heavy (non-hydrogen) atoms. The monoisotopic (exact) mass is 510 g/mol. The van der Waals surface area contributed by atoms with Crippen molar-refractivity contribution in [3.8, 4) is 0 Å². The summed E-state index contributed by atoms with van der Waals surface area (Å²) in [4.78, 5) is 26.0. The standard InChI is InChI=1S/C27H46N2O5S/c1-20(2)15-21-11-10-12-22(16-21)27(8,18-33-17-26(6,7)19-35-14-13-30)23(31)28-29(9)24(32)34-25(3,4)5/h10-12,16,20,30H,13-15,17-19H2,1-9H3,(H,28,31). The molecule has 1 aromatic rings. The Labute approximate surface area is 216 Å². The Bertz CT molecular complexity index is 822. The third-order valence-corrected chi connectivity index (χ3v) is 6.71. The van der Waals surface area contributed by atoms with E-state index in [-0.39, 0.29) is 24.5 Å². The second kappa shape index (κ2) is 13.5. The van der Waals surface area contributed by atoms with Crippen LogP contribution < -0.4 is 5.43 Å². The van der Waals surface area contributed by atoms with E-state index in [1.54, 1.807) is 32.5 Å². The number of nitrogens with one attached hydrogen (secondary N) is 1. The van der Waals surface area contributed by atoms with Crippen molar-refractivity contribution in [1.29, 1.82) is 0 Å². The van der Waals surface area contributed by atoms with E-state index in [0.717, 1.165) is 28.3 Å². The molecule has 0 aliphatic heterocycles. The number of aliphatic hydroxyl groups is 1. The van der Waals surface area contributed by atoms with Crippen LogP contribution in [0.3, 0.4) is 0 Å². The maximum atomic E-state index is 13.6. The van der Waals surface area contributed by atoms with Gasteiger partial charge in [0.15, 0.2) is 0 Å². The third kappa shape index (κ3) is 11.2. The number of rotatable bonds is 12. The minimum atomic E-state index is -1.03. The Morgan fingerprint density at radius 3 is 2.34 bits per heavy atom. The molecule has 0 heterocycles. The van der Waals surface area contributed by atoms with Gasteiger partial charge in [-0.3, -0.25) is 10.2 Å². The minimum absolute atomic E-state index is 0.121. The van der Waals surface area contributed by atoms with Gasteiger partial charge in [0.25, 0.3) is 5.91 Å². The molecule has 0 aromatic heterocycles.